The van der Waals surface area contributed by atoms with Gasteiger partial charge in [-0.25, -0.2) is 0 Å². The van der Waals surface area contributed by atoms with Crippen LogP contribution >= 0.6 is 0 Å². The highest BCUT2D eigenvalue weighted by molar-refractivity contribution is 4.80. The molecule has 1 aliphatic rings. The highest BCUT2D eigenvalue weighted by Crippen LogP contribution is 2.25. The van der Waals surface area contributed by atoms with Crippen LogP contribution in [0.15, 0.2) is 0 Å². The van der Waals surface area contributed by atoms with Crippen LogP contribution in [-0.2, 0) is 0 Å². The third-order valence-electron chi connectivity index (χ3n) is 3.79. The van der Waals surface area contributed by atoms with Crippen LogP contribution in [0.1, 0.15) is 34.1 Å². The van der Waals surface area contributed by atoms with E-state index < -0.39 is 0 Å². The molecule has 2 N–H and O–H groups in total. The van der Waals surface area contributed by atoms with E-state index in [-0.39, 0.29) is 0 Å². The van der Waals surface area contributed by atoms with Gasteiger partial charge < -0.3 is 15.5 Å². The van der Waals surface area contributed by atoms with Gasteiger partial charge in [0.05, 0.1) is 0 Å². The topological polar surface area (TPSA) is 32.5 Å². The Hall–Kier alpha value is -0.120. The quantitative estimate of drug-likeness (QED) is 0.812. The van der Waals surface area contributed by atoms with Gasteiger partial charge in [-0.1, -0.05) is 20.8 Å². The number of rotatable bonds is 4. The molecule has 102 valence electrons. The summed E-state index contributed by atoms with van der Waals surface area (Å²) in [5, 5.41) is 0. The minimum atomic E-state index is 0.391. The fourth-order valence-electron chi connectivity index (χ4n) is 2.74. The van der Waals surface area contributed by atoms with Gasteiger partial charge >= 0.3 is 0 Å². The lowest BCUT2D eigenvalue weighted by atomic mass is 9.84. The van der Waals surface area contributed by atoms with Crippen molar-refractivity contribution in [1.29, 1.82) is 0 Å². The van der Waals surface area contributed by atoms with E-state index in [1.54, 1.807) is 0 Å². The van der Waals surface area contributed by atoms with Crippen LogP contribution in [-0.4, -0.2) is 55.6 Å². The monoisotopic (exact) mass is 241 g/mol. The van der Waals surface area contributed by atoms with Gasteiger partial charge in [-0.3, -0.25) is 0 Å². The van der Waals surface area contributed by atoms with Crippen molar-refractivity contribution >= 4 is 0 Å². The second-order valence-corrected chi connectivity index (χ2v) is 6.96. The number of hydrogen-bond donors (Lipinski definition) is 1. The van der Waals surface area contributed by atoms with Gasteiger partial charge in [-0.15, -0.1) is 0 Å². The molecular weight excluding hydrogens is 210 g/mol. The van der Waals surface area contributed by atoms with E-state index in [2.05, 4.69) is 44.5 Å². The van der Waals surface area contributed by atoms with Crippen molar-refractivity contribution < 1.29 is 0 Å². The molecule has 0 spiro atoms. The summed E-state index contributed by atoms with van der Waals surface area (Å²) in [5.41, 5.74) is 6.31. The Morgan fingerprint density at radius 2 is 1.94 bits per heavy atom. The molecule has 0 bridgehead atoms. The summed E-state index contributed by atoms with van der Waals surface area (Å²) in [7, 11) is 2.22. The molecule has 1 fully saturated rings. The largest absolute Gasteiger partial charge is 0.330 e. The van der Waals surface area contributed by atoms with Gasteiger partial charge in [0.25, 0.3) is 0 Å². The number of hydrogen-bond acceptors (Lipinski definition) is 3. The van der Waals surface area contributed by atoms with Crippen LogP contribution in [0.4, 0.5) is 0 Å². The van der Waals surface area contributed by atoms with Crippen LogP contribution in [0.5, 0.6) is 0 Å². The van der Waals surface area contributed by atoms with E-state index in [9.17, 15) is 0 Å². The van der Waals surface area contributed by atoms with Gasteiger partial charge in [0.1, 0.15) is 0 Å². The average Bonchev–Trinajstić information content (AvgIpc) is 2.20. The zero-order chi connectivity index (χ0) is 13.1. The molecule has 0 aromatic carbocycles. The maximum absolute atomic E-state index is 5.92. The SMILES string of the molecule is CC1CN(CC(CN)CC(C)(C)C)CCN1C. The Labute approximate surface area is 107 Å². The molecular formula is C14H31N3. The van der Waals surface area contributed by atoms with E-state index in [1.807, 2.05) is 0 Å². The number of likely N-dealkylation sites (N-methyl/N-ethyl adjacent to an activating group) is 1. The fourth-order valence-corrected chi connectivity index (χ4v) is 2.74. The predicted octanol–water partition coefficient (Wildman–Crippen LogP) is 1.63. The van der Waals surface area contributed by atoms with Crippen LogP contribution in [0.3, 0.4) is 0 Å². The Morgan fingerprint density at radius 3 is 2.41 bits per heavy atom. The highest BCUT2D eigenvalue weighted by Gasteiger charge is 2.24. The lowest BCUT2D eigenvalue weighted by Gasteiger charge is -2.39. The Morgan fingerprint density at radius 1 is 1.29 bits per heavy atom. The van der Waals surface area contributed by atoms with E-state index in [0.717, 1.165) is 6.54 Å². The van der Waals surface area contributed by atoms with Crippen molar-refractivity contribution in [1.82, 2.24) is 9.80 Å². The van der Waals surface area contributed by atoms with Gasteiger partial charge in [-0.05, 0) is 38.3 Å². The molecule has 3 nitrogen and oxygen atoms in total. The van der Waals surface area contributed by atoms with Gasteiger partial charge in [0.2, 0.25) is 0 Å². The Bertz CT molecular complexity index is 222. The van der Waals surface area contributed by atoms with E-state index >= 15 is 0 Å². The normalized spacial score (nSPS) is 26.1. The van der Waals surface area contributed by atoms with Gasteiger partial charge in [0, 0.05) is 32.2 Å². The minimum absolute atomic E-state index is 0.391. The zero-order valence-electron chi connectivity index (χ0n) is 12.4. The molecule has 0 aromatic rings. The van der Waals surface area contributed by atoms with Crippen molar-refractivity contribution in [2.24, 2.45) is 17.1 Å². The summed E-state index contributed by atoms with van der Waals surface area (Å²) in [4.78, 5) is 5.03. The minimum Gasteiger partial charge on any atom is -0.330 e. The molecule has 1 aliphatic heterocycles. The summed E-state index contributed by atoms with van der Waals surface area (Å²) in [6, 6.07) is 0.678. The van der Waals surface area contributed by atoms with Crippen molar-refractivity contribution in [3.63, 3.8) is 0 Å². The maximum Gasteiger partial charge on any atom is 0.0192 e. The van der Waals surface area contributed by atoms with Crippen molar-refractivity contribution in [2.45, 2.75) is 40.2 Å². The maximum atomic E-state index is 5.92. The first-order valence-electron chi connectivity index (χ1n) is 6.94. The Balaban J connectivity index is 2.41. The molecule has 17 heavy (non-hydrogen) atoms. The number of piperazine rings is 1. The number of nitrogens with zero attached hydrogens (tertiary/aromatic N) is 2. The van der Waals surface area contributed by atoms with Crippen LogP contribution in [0, 0.1) is 11.3 Å². The molecule has 1 heterocycles. The second-order valence-electron chi connectivity index (χ2n) is 6.96. The molecule has 3 heteroatoms. The van der Waals surface area contributed by atoms with E-state index in [1.165, 1.54) is 32.6 Å². The lowest BCUT2D eigenvalue weighted by molar-refractivity contribution is 0.0862. The van der Waals surface area contributed by atoms with Crippen LogP contribution < -0.4 is 5.73 Å². The fraction of sp³-hybridized carbons (Fsp3) is 1.00. The molecule has 0 aromatic heterocycles. The molecule has 0 amide bonds. The highest BCUT2D eigenvalue weighted by atomic mass is 15.3. The standard InChI is InChI=1S/C14H31N3/c1-12-10-17(7-6-16(12)5)11-13(9-15)8-14(2,3)4/h12-13H,6-11,15H2,1-5H3. The first kappa shape index (κ1) is 14.9. The van der Waals surface area contributed by atoms with Crippen molar-refractivity contribution in [2.75, 3.05) is 39.8 Å². The van der Waals surface area contributed by atoms with Crippen molar-refractivity contribution in [3.05, 3.63) is 0 Å². The number of nitrogens with two attached hydrogens (primary N) is 1. The van der Waals surface area contributed by atoms with Crippen LogP contribution in [0.2, 0.25) is 0 Å². The molecule has 0 radical (unpaired) electrons. The summed E-state index contributed by atoms with van der Waals surface area (Å²) in [6.07, 6.45) is 1.23. The second kappa shape index (κ2) is 6.17. The smallest absolute Gasteiger partial charge is 0.0192 e. The van der Waals surface area contributed by atoms with Gasteiger partial charge in [0.15, 0.2) is 0 Å². The molecule has 1 saturated heterocycles. The molecule has 2 unspecified atom stereocenters. The zero-order valence-corrected chi connectivity index (χ0v) is 12.4. The van der Waals surface area contributed by atoms with Crippen molar-refractivity contribution in [3.8, 4) is 0 Å². The molecule has 0 aliphatic carbocycles. The predicted molar refractivity (Wildman–Crippen MR) is 75.1 cm³/mol. The average molecular weight is 241 g/mol. The summed E-state index contributed by atoms with van der Waals surface area (Å²) in [5.74, 6) is 0.644. The molecule has 2 atom stereocenters. The van der Waals surface area contributed by atoms with E-state index in [4.69, 9.17) is 5.73 Å². The summed E-state index contributed by atoms with van der Waals surface area (Å²) < 4.78 is 0. The molecule has 1 rings (SSSR count). The Kier molecular flexibility index (Phi) is 5.42. The third kappa shape index (κ3) is 5.36. The van der Waals surface area contributed by atoms with E-state index in [0.29, 0.717) is 17.4 Å². The van der Waals surface area contributed by atoms with Crippen LogP contribution in [0.25, 0.3) is 0 Å². The van der Waals surface area contributed by atoms with Gasteiger partial charge in [-0.2, -0.15) is 0 Å². The molecule has 0 saturated carbocycles. The summed E-state index contributed by atoms with van der Waals surface area (Å²) >= 11 is 0. The first-order valence-corrected chi connectivity index (χ1v) is 6.94. The first-order chi connectivity index (χ1) is 7.81. The third-order valence-corrected chi connectivity index (χ3v) is 3.79. The lowest BCUT2D eigenvalue weighted by Crippen LogP contribution is -2.51. The summed E-state index contributed by atoms with van der Waals surface area (Å²) in [6.45, 7) is 14.8.